The lowest BCUT2D eigenvalue weighted by Gasteiger charge is -2.07. The number of pyridine rings is 1. The second-order valence-electron chi connectivity index (χ2n) is 4.75. The fraction of sp³-hybridized carbons (Fsp3) is 0.125. The predicted octanol–water partition coefficient (Wildman–Crippen LogP) is 4.94. The van der Waals surface area contributed by atoms with Gasteiger partial charge in [0.2, 0.25) is 0 Å². The van der Waals surface area contributed by atoms with Gasteiger partial charge in [0.25, 0.3) is 0 Å². The number of benzene rings is 1. The molecule has 0 bridgehead atoms. The number of hydrogen-bond donors (Lipinski definition) is 0. The number of rotatable bonds is 2. The van der Waals surface area contributed by atoms with Crippen molar-refractivity contribution < 1.29 is 0 Å². The first-order valence-electron chi connectivity index (χ1n) is 6.44. The Labute approximate surface area is 132 Å². The van der Waals surface area contributed by atoms with E-state index in [-0.39, 0.29) is 5.92 Å². The molecule has 0 radical (unpaired) electrons. The maximum atomic E-state index is 9.30. The third-order valence-corrected chi connectivity index (χ3v) is 4.10. The molecule has 2 aromatic heterocycles. The van der Waals surface area contributed by atoms with Crippen molar-refractivity contribution in [3.05, 3.63) is 58.3 Å². The Balaban J connectivity index is 2.31. The highest BCUT2D eigenvalue weighted by atomic mass is 35.5. The van der Waals surface area contributed by atoms with Crippen molar-refractivity contribution in [2.45, 2.75) is 12.8 Å². The van der Waals surface area contributed by atoms with Gasteiger partial charge in [-0.2, -0.15) is 5.26 Å². The lowest BCUT2D eigenvalue weighted by molar-refractivity contribution is 0.900. The summed E-state index contributed by atoms with van der Waals surface area (Å²) in [4.78, 5) is 4.63. The average molecular weight is 316 g/mol. The molecule has 3 rings (SSSR count). The van der Waals surface area contributed by atoms with Crippen LogP contribution in [-0.2, 0) is 0 Å². The van der Waals surface area contributed by atoms with Crippen LogP contribution in [-0.4, -0.2) is 9.38 Å². The summed E-state index contributed by atoms with van der Waals surface area (Å²) in [5.74, 6) is -0.285. The van der Waals surface area contributed by atoms with Crippen LogP contribution in [0.5, 0.6) is 0 Å². The van der Waals surface area contributed by atoms with Gasteiger partial charge in [0.15, 0.2) is 0 Å². The normalized spacial score (nSPS) is 12.3. The van der Waals surface area contributed by atoms with Crippen LogP contribution in [0.2, 0.25) is 10.0 Å². The summed E-state index contributed by atoms with van der Waals surface area (Å²) in [6.45, 7) is 1.86. The largest absolute Gasteiger partial charge is 0.302 e. The van der Waals surface area contributed by atoms with Crippen LogP contribution >= 0.6 is 23.2 Å². The molecule has 2 heterocycles. The Hall–Kier alpha value is -2.02. The van der Waals surface area contributed by atoms with Crippen LogP contribution in [0.25, 0.3) is 16.9 Å². The molecule has 5 heteroatoms. The first-order chi connectivity index (χ1) is 10.1. The second kappa shape index (κ2) is 5.40. The third kappa shape index (κ3) is 2.37. The highest BCUT2D eigenvalue weighted by Crippen LogP contribution is 2.33. The first kappa shape index (κ1) is 13.9. The van der Waals surface area contributed by atoms with E-state index in [4.69, 9.17) is 23.2 Å². The highest BCUT2D eigenvalue weighted by Gasteiger charge is 2.19. The van der Waals surface area contributed by atoms with Crippen molar-refractivity contribution in [1.29, 1.82) is 5.26 Å². The van der Waals surface area contributed by atoms with Gasteiger partial charge in [-0.15, -0.1) is 0 Å². The van der Waals surface area contributed by atoms with Crippen molar-refractivity contribution in [2.75, 3.05) is 0 Å². The zero-order valence-electron chi connectivity index (χ0n) is 11.2. The molecule has 0 saturated carbocycles. The zero-order chi connectivity index (χ0) is 15.0. The number of halogens is 2. The SMILES string of the molecule is CC(C#N)c1c(-c2ccc(Cl)c(Cl)c2)nc2ccccn12. The Bertz CT molecular complexity index is 862. The summed E-state index contributed by atoms with van der Waals surface area (Å²) < 4.78 is 1.94. The van der Waals surface area contributed by atoms with E-state index < -0.39 is 0 Å². The number of nitriles is 1. The van der Waals surface area contributed by atoms with Gasteiger partial charge in [0, 0.05) is 11.8 Å². The summed E-state index contributed by atoms with van der Waals surface area (Å²) in [6.07, 6.45) is 1.91. The first-order valence-corrected chi connectivity index (χ1v) is 7.19. The highest BCUT2D eigenvalue weighted by molar-refractivity contribution is 6.42. The van der Waals surface area contributed by atoms with Crippen LogP contribution < -0.4 is 0 Å². The molecule has 3 nitrogen and oxygen atoms in total. The second-order valence-corrected chi connectivity index (χ2v) is 5.57. The molecule has 104 valence electrons. The number of aromatic nitrogens is 2. The van der Waals surface area contributed by atoms with Gasteiger partial charge in [0.1, 0.15) is 5.65 Å². The molecular weight excluding hydrogens is 305 g/mol. The van der Waals surface area contributed by atoms with E-state index in [1.165, 1.54) is 0 Å². The van der Waals surface area contributed by atoms with Crippen LogP contribution in [0.3, 0.4) is 0 Å². The molecule has 0 saturated heterocycles. The van der Waals surface area contributed by atoms with Gasteiger partial charge in [0.05, 0.1) is 33.4 Å². The molecule has 0 aliphatic heterocycles. The number of fused-ring (bicyclic) bond motifs is 1. The van der Waals surface area contributed by atoms with Crippen molar-refractivity contribution in [3.63, 3.8) is 0 Å². The van der Waals surface area contributed by atoms with Gasteiger partial charge in [-0.1, -0.05) is 35.3 Å². The fourth-order valence-electron chi connectivity index (χ4n) is 2.35. The van der Waals surface area contributed by atoms with E-state index in [0.29, 0.717) is 10.0 Å². The summed E-state index contributed by atoms with van der Waals surface area (Å²) in [5, 5.41) is 10.3. The van der Waals surface area contributed by atoms with Crippen molar-refractivity contribution in [3.8, 4) is 17.3 Å². The van der Waals surface area contributed by atoms with Crippen LogP contribution in [0.1, 0.15) is 18.5 Å². The van der Waals surface area contributed by atoms with Gasteiger partial charge in [-0.05, 0) is 31.2 Å². The van der Waals surface area contributed by atoms with Crippen molar-refractivity contribution >= 4 is 28.8 Å². The molecule has 1 unspecified atom stereocenters. The molecule has 0 N–H and O–H groups in total. The maximum Gasteiger partial charge on any atom is 0.137 e. The third-order valence-electron chi connectivity index (χ3n) is 3.36. The Kier molecular flexibility index (Phi) is 3.59. The Morgan fingerprint density at radius 2 is 2.00 bits per heavy atom. The molecule has 1 aromatic carbocycles. The van der Waals surface area contributed by atoms with Gasteiger partial charge in [-0.25, -0.2) is 4.98 Å². The lowest BCUT2D eigenvalue weighted by Crippen LogP contribution is -1.98. The quantitative estimate of drug-likeness (QED) is 0.672. The Morgan fingerprint density at radius 3 is 2.71 bits per heavy atom. The minimum Gasteiger partial charge on any atom is -0.302 e. The topological polar surface area (TPSA) is 41.1 Å². The van der Waals surface area contributed by atoms with Gasteiger partial charge in [-0.3, -0.25) is 0 Å². The summed E-state index contributed by atoms with van der Waals surface area (Å²) in [6, 6.07) is 13.4. The molecule has 1 atom stereocenters. The molecule has 3 aromatic rings. The monoisotopic (exact) mass is 315 g/mol. The van der Waals surface area contributed by atoms with E-state index in [0.717, 1.165) is 22.6 Å². The van der Waals surface area contributed by atoms with Crippen LogP contribution in [0, 0.1) is 11.3 Å². The average Bonchev–Trinajstić information content (AvgIpc) is 2.88. The zero-order valence-corrected chi connectivity index (χ0v) is 12.7. The molecule has 0 fully saturated rings. The number of imidazole rings is 1. The fourth-order valence-corrected chi connectivity index (χ4v) is 2.64. The summed E-state index contributed by atoms with van der Waals surface area (Å²) >= 11 is 12.1. The maximum absolute atomic E-state index is 9.30. The van der Waals surface area contributed by atoms with E-state index in [9.17, 15) is 5.26 Å². The molecule has 0 amide bonds. The van der Waals surface area contributed by atoms with Crippen molar-refractivity contribution in [1.82, 2.24) is 9.38 Å². The molecule has 21 heavy (non-hydrogen) atoms. The minimum atomic E-state index is -0.285. The van der Waals surface area contributed by atoms with E-state index in [2.05, 4.69) is 11.1 Å². The van der Waals surface area contributed by atoms with E-state index in [1.54, 1.807) is 12.1 Å². The van der Waals surface area contributed by atoms with Crippen LogP contribution in [0.4, 0.5) is 0 Å². The standard InChI is InChI=1S/C16H11Cl2N3/c1-10(9-19)16-15(11-5-6-12(17)13(18)8-11)20-14-4-2-3-7-21(14)16/h2-8,10H,1H3. The smallest absolute Gasteiger partial charge is 0.137 e. The lowest BCUT2D eigenvalue weighted by atomic mass is 10.0. The van der Waals surface area contributed by atoms with Crippen LogP contribution in [0.15, 0.2) is 42.6 Å². The molecule has 0 aliphatic carbocycles. The van der Waals surface area contributed by atoms with E-state index >= 15 is 0 Å². The molecule has 0 spiro atoms. The van der Waals surface area contributed by atoms with Crippen molar-refractivity contribution in [2.24, 2.45) is 0 Å². The van der Waals surface area contributed by atoms with E-state index in [1.807, 2.05) is 41.8 Å². The molecular formula is C16H11Cl2N3. The number of hydrogen-bond acceptors (Lipinski definition) is 2. The number of nitrogens with zero attached hydrogens (tertiary/aromatic N) is 3. The Morgan fingerprint density at radius 1 is 1.19 bits per heavy atom. The minimum absolute atomic E-state index is 0.285. The molecule has 0 aliphatic rings. The summed E-state index contributed by atoms with van der Waals surface area (Å²) in [7, 11) is 0. The van der Waals surface area contributed by atoms with Gasteiger partial charge >= 0.3 is 0 Å². The predicted molar refractivity (Wildman–Crippen MR) is 84.7 cm³/mol. The van der Waals surface area contributed by atoms with Gasteiger partial charge < -0.3 is 4.40 Å². The summed E-state index contributed by atoms with van der Waals surface area (Å²) in [5.41, 5.74) is 3.26.